The van der Waals surface area contributed by atoms with Crippen LogP contribution in [-0.4, -0.2) is 54.2 Å². The van der Waals surface area contributed by atoms with Crippen LogP contribution >= 0.6 is 0 Å². The van der Waals surface area contributed by atoms with Crippen LogP contribution in [0.15, 0.2) is 30.3 Å². The van der Waals surface area contributed by atoms with Crippen LogP contribution in [0.25, 0.3) is 0 Å². The lowest BCUT2D eigenvalue weighted by atomic mass is 10.3. The van der Waals surface area contributed by atoms with E-state index in [1.54, 1.807) is 0 Å². The number of benzene rings is 1. The second-order valence-corrected chi connectivity index (χ2v) is 5.99. The zero-order valence-electron chi connectivity index (χ0n) is 14.5. The van der Waals surface area contributed by atoms with Crippen molar-refractivity contribution in [1.82, 2.24) is 9.88 Å². The van der Waals surface area contributed by atoms with Gasteiger partial charge in [-0.25, -0.2) is 13.8 Å². The fourth-order valence-electron chi connectivity index (χ4n) is 2.73. The van der Waals surface area contributed by atoms with Gasteiger partial charge < -0.3 is 15.4 Å². The van der Waals surface area contributed by atoms with Crippen LogP contribution in [0.3, 0.4) is 0 Å². The van der Waals surface area contributed by atoms with Gasteiger partial charge in [0.15, 0.2) is 0 Å². The Morgan fingerprint density at radius 2 is 1.89 bits per heavy atom. The number of hydrogen-bond acceptors (Lipinski definition) is 7. The standard InChI is InChI=1S/C17H19F2N5O3/c18-12-9-13(19)11-14(10-12)21-16-2-1-15(24(25)26)17(22-16)20-3-4-23-5-7-27-8-6-23/h1-2,9-11H,3-8H2,(H2,20,21,22). The highest BCUT2D eigenvalue weighted by Crippen LogP contribution is 2.26. The molecule has 2 N–H and O–H groups in total. The van der Waals surface area contributed by atoms with E-state index in [9.17, 15) is 18.9 Å². The third-order valence-electron chi connectivity index (χ3n) is 4.03. The molecule has 10 heteroatoms. The van der Waals surface area contributed by atoms with Crippen LogP contribution in [-0.2, 0) is 4.74 Å². The molecular weight excluding hydrogens is 360 g/mol. The number of nitro groups is 1. The third-order valence-corrected chi connectivity index (χ3v) is 4.03. The zero-order valence-corrected chi connectivity index (χ0v) is 14.5. The van der Waals surface area contributed by atoms with Gasteiger partial charge in [0.2, 0.25) is 5.82 Å². The summed E-state index contributed by atoms with van der Waals surface area (Å²) in [5, 5.41) is 16.9. The SMILES string of the molecule is O=[N+]([O-])c1ccc(Nc2cc(F)cc(F)c2)nc1NCCN1CCOCC1. The molecule has 144 valence electrons. The smallest absolute Gasteiger partial charge is 0.311 e. The largest absolute Gasteiger partial charge is 0.379 e. The third kappa shape index (κ3) is 5.31. The minimum Gasteiger partial charge on any atom is -0.379 e. The molecule has 1 aliphatic heterocycles. The number of nitrogens with zero attached hydrogens (tertiary/aromatic N) is 3. The van der Waals surface area contributed by atoms with Crippen molar-refractivity contribution in [3.63, 3.8) is 0 Å². The van der Waals surface area contributed by atoms with E-state index >= 15 is 0 Å². The second kappa shape index (κ2) is 8.69. The Morgan fingerprint density at radius 3 is 2.56 bits per heavy atom. The molecule has 0 saturated carbocycles. The molecule has 0 spiro atoms. The molecule has 27 heavy (non-hydrogen) atoms. The van der Waals surface area contributed by atoms with Crippen molar-refractivity contribution < 1.29 is 18.4 Å². The predicted molar refractivity (Wildman–Crippen MR) is 96.3 cm³/mol. The molecule has 2 aromatic rings. The molecule has 0 aliphatic carbocycles. The first kappa shape index (κ1) is 18.9. The molecule has 0 amide bonds. The monoisotopic (exact) mass is 379 g/mol. The average molecular weight is 379 g/mol. The molecule has 0 atom stereocenters. The van der Waals surface area contributed by atoms with Gasteiger partial charge in [-0.15, -0.1) is 0 Å². The molecule has 8 nitrogen and oxygen atoms in total. The number of halogens is 2. The summed E-state index contributed by atoms with van der Waals surface area (Å²) < 4.78 is 31.9. The number of hydrogen-bond donors (Lipinski definition) is 2. The Kier molecular flexibility index (Phi) is 6.09. The molecular formula is C17H19F2N5O3. The van der Waals surface area contributed by atoms with Crippen LogP contribution < -0.4 is 10.6 Å². The minimum atomic E-state index is -0.733. The Labute approximate surface area is 154 Å². The topological polar surface area (TPSA) is 92.6 Å². The minimum absolute atomic E-state index is 0.0927. The van der Waals surface area contributed by atoms with Crippen molar-refractivity contribution in [3.05, 3.63) is 52.1 Å². The fraction of sp³-hybridized carbons (Fsp3) is 0.353. The lowest BCUT2D eigenvalue weighted by molar-refractivity contribution is -0.384. The van der Waals surface area contributed by atoms with Crippen molar-refractivity contribution in [2.45, 2.75) is 0 Å². The maximum Gasteiger partial charge on any atom is 0.311 e. The van der Waals surface area contributed by atoms with E-state index < -0.39 is 16.6 Å². The van der Waals surface area contributed by atoms with Crippen molar-refractivity contribution in [2.75, 3.05) is 50.0 Å². The Morgan fingerprint density at radius 1 is 1.19 bits per heavy atom. The van der Waals surface area contributed by atoms with Crippen molar-refractivity contribution in [2.24, 2.45) is 0 Å². The molecule has 1 fully saturated rings. The molecule has 0 unspecified atom stereocenters. The normalized spacial score (nSPS) is 14.7. The van der Waals surface area contributed by atoms with E-state index in [1.807, 2.05) is 0 Å². The van der Waals surface area contributed by atoms with E-state index in [0.29, 0.717) is 26.3 Å². The quantitative estimate of drug-likeness (QED) is 0.564. The summed E-state index contributed by atoms with van der Waals surface area (Å²) in [6, 6.07) is 5.65. The second-order valence-electron chi connectivity index (χ2n) is 5.99. The molecule has 3 rings (SSSR count). The van der Waals surface area contributed by atoms with Crippen LogP contribution in [0.4, 0.5) is 31.8 Å². The summed E-state index contributed by atoms with van der Waals surface area (Å²) in [6.45, 7) is 4.11. The number of rotatable bonds is 7. The lowest BCUT2D eigenvalue weighted by Crippen LogP contribution is -2.39. The van der Waals surface area contributed by atoms with Gasteiger partial charge in [0, 0.05) is 44.0 Å². The maximum atomic E-state index is 13.3. The van der Waals surface area contributed by atoms with Crippen molar-refractivity contribution in [3.8, 4) is 0 Å². The summed E-state index contributed by atoms with van der Waals surface area (Å²) in [5.74, 6) is -1.14. The highest BCUT2D eigenvalue weighted by atomic mass is 19.1. The van der Waals surface area contributed by atoms with Crippen molar-refractivity contribution >= 4 is 23.0 Å². The lowest BCUT2D eigenvalue weighted by Gasteiger charge is -2.26. The van der Waals surface area contributed by atoms with E-state index in [1.165, 1.54) is 12.1 Å². The van der Waals surface area contributed by atoms with Crippen LogP contribution in [0, 0.1) is 21.7 Å². The first-order valence-electron chi connectivity index (χ1n) is 8.44. The predicted octanol–water partition coefficient (Wildman–Crippen LogP) is 2.76. The number of nitrogens with one attached hydrogen (secondary N) is 2. The summed E-state index contributed by atoms with van der Waals surface area (Å²) in [4.78, 5) is 17.1. The zero-order chi connectivity index (χ0) is 19.2. The van der Waals surface area contributed by atoms with E-state index in [2.05, 4.69) is 20.5 Å². The van der Waals surface area contributed by atoms with Crippen LogP contribution in [0.1, 0.15) is 0 Å². The van der Waals surface area contributed by atoms with E-state index in [4.69, 9.17) is 4.74 Å². The Bertz CT molecular complexity index is 795. The summed E-state index contributed by atoms with van der Waals surface area (Å²) in [7, 11) is 0. The highest BCUT2D eigenvalue weighted by molar-refractivity contribution is 5.64. The number of anilines is 3. The van der Waals surface area contributed by atoms with Gasteiger partial charge in [-0.3, -0.25) is 15.0 Å². The van der Waals surface area contributed by atoms with Gasteiger partial charge in [0.1, 0.15) is 17.5 Å². The Hall–Kier alpha value is -2.85. The van der Waals surface area contributed by atoms with E-state index in [-0.39, 0.29) is 23.0 Å². The van der Waals surface area contributed by atoms with Gasteiger partial charge in [-0.2, -0.15) is 0 Å². The molecule has 0 bridgehead atoms. The number of aromatic nitrogens is 1. The number of ether oxygens (including phenoxy) is 1. The molecule has 1 aromatic heterocycles. The number of pyridine rings is 1. The summed E-state index contributed by atoms with van der Waals surface area (Å²) in [6.07, 6.45) is 0. The maximum absolute atomic E-state index is 13.3. The fourth-order valence-corrected chi connectivity index (χ4v) is 2.73. The first-order valence-corrected chi connectivity index (χ1v) is 8.44. The summed E-state index contributed by atoms with van der Waals surface area (Å²) >= 11 is 0. The van der Waals surface area contributed by atoms with Gasteiger partial charge in [0.25, 0.3) is 0 Å². The van der Waals surface area contributed by atoms with Gasteiger partial charge in [-0.1, -0.05) is 0 Å². The van der Waals surface area contributed by atoms with Gasteiger partial charge in [-0.05, 0) is 18.2 Å². The molecule has 1 saturated heterocycles. The first-order chi connectivity index (χ1) is 13.0. The molecule has 2 heterocycles. The van der Waals surface area contributed by atoms with Gasteiger partial charge in [0.05, 0.1) is 18.1 Å². The molecule has 1 aliphatic rings. The molecule has 1 aromatic carbocycles. The average Bonchev–Trinajstić information content (AvgIpc) is 2.62. The highest BCUT2D eigenvalue weighted by Gasteiger charge is 2.17. The van der Waals surface area contributed by atoms with Crippen LogP contribution in [0.2, 0.25) is 0 Å². The number of morpholine rings is 1. The summed E-state index contributed by atoms with van der Waals surface area (Å²) in [5.41, 5.74) is -0.0129. The van der Waals surface area contributed by atoms with Gasteiger partial charge >= 0.3 is 5.69 Å². The van der Waals surface area contributed by atoms with Crippen LogP contribution in [0.5, 0.6) is 0 Å². The molecule has 0 radical (unpaired) electrons. The van der Waals surface area contributed by atoms with E-state index in [0.717, 1.165) is 31.3 Å². The van der Waals surface area contributed by atoms with Crippen molar-refractivity contribution in [1.29, 1.82) is 0 Å². The Balaban J connectivity index is 1.70.